The molecule has 2 aromatic rings. The first kappa shape index (κ1) is 10.2. The lowest BCUT2D eigenvalue weighted by molar-refractivity contribution is 0.576. The third kappa shape index (κ3) is 1.65. The number of hydrogen-bond acceptors (Lipinski definition) is 1. The Balaban J connectivity index is 2.76. The van der Waals surface area contributed by atoms with Crippen LogP contribution in [-0.4, -0.2) is 9.38 Å². The maximum absolute atomic E-state index is 4.74. The molecule has 0 saturated heterocycles. The van der Waals surface area contributed by atoms with Crippen LogP contribution in [0.4, 0.5) is 0 Å². The second kappa shape index (κ2) is 3.37. The van der Waals surface area contributed by atoms with Crippen LogP contribution < -0.4 is 0 Å². The van der Waals surface area contributed by atoms with E-state index in [1.807, 2.05) is 0 Å². The summed E-state index contributed by atoms with van der Waals surface area (Å²) in [6.07, 6.45) is 3.07. The Hall–Kier alpha value is -1.31. The molecule has 0 N–H and O–H groups in total. The van der Waals surface area contributed by atoms with E-state index in [0.717, 1.165) is 12.2 Å². The SMILES string of the molecule is CCc1nc(C(C)(C)C)c2ccccn12. The predicted molar refractivity (Wildman–Crippen MR) is 63.3 cm³/mol. The fourth-order valence-electron chi connectivity index (χ4n) is 1.90. The maximum Gasteiger partial charge on any atom is 0.113 e. The number of nitrogens with zero attached hydrogens (tertiary/aromatic N) is 2. The van der Waals surface area contributed by atoms with Crippen molar-refractivity contribution in [3.8, 4) is 0 Å². The molecule has 0 aliphatic rings. The minimum atomic E-state index is 0.111. The lowest BCUT2D eigenvalue weighted by Gasteiger charge is -2.15. The fourth-order valence-corrected chi connectivity index (χ4v) is 1.90. The van der Waals surface area contributed by atoms with E-state index in [1.54, 1.807) is 0 Å². The van der Waals surface area contributed by atoms with Crippen molar-refractivity contribution in [2.75, 3.05) is 0 Å². The molecule has 0 saturated carbocycles. The first-order chi connectivity index (χ1) is 7.04. The summed E-state index contributed by atoms with van der Waals surface area (Å²) in [5.41, 5.74) is 2.54. The quantitative estimate of drug-likeness (QED) is 0.694. The number of aryl methyl sites for hydroxylation is 1. The lowest BCUT2D eigenvalue weighted by Crippen LogP contribution is -2.12. The predicted octanol–water partition coefficient (Wildman–Crippen LogP) is 3.19. The number of fused-ring (bicyclic) bond motifs is 1. The zero-order chi connectivity index (χ0) is 11.1. The van der Waals surface area contributed by atoms with Gasteiger partial charge in [0.25, 0.3) is 0 Å². The van der Waals surface area contributed by atoms with Crippen molar-refractivity contribution in [2.45, 2.75) is 39.5 Å². The molecule has 0 radical (unpaired) electrons. The van der Waals surface area contributed by atoms with Crippen LogP contribution in [0.2, 0.25) is 0 Å². The molecule has 0 atom stereocenters. The average molecular weight is 202 g/mol. The van der Waals surface area contributed by atoms with Gasteiger partial charge >= 0.3 is 0 Å². The van der Waals surface area contributed by atoms with E-state index in [9.17, 15) is 0 Å². The second-order valence-corrected chi connectivity index (χ2v) is 4.94. The molecule has 2 aromatic heterocycles. The van der Waals surface area contributed by atoms with Gasteiger partial charge in [0.2, 0.25) is 0 Å². The van der Waals surface area contributed by atoms with Crippen molar-refractivity contribution >= 4 is 5.52 Å². The maximum atomic E-state index is 4.74. The molecule has 0 fully saturated rings. The summed E-state index contributed by atoms with van der Waals surface area (Å²) in [5, 5.41) is 0. The van der Waals surface area contributed by atoms with E-state index in [4.69, 9.17) is 4.98 Å². The number of imidazole rings is 1. The summed E-state index contributed by atoms with van der Waals surface area (Å²) in [4.78, 5) is 4.74. The van der Waals surface area contributed by atoms with Gasteiger partial charge in [-0.3, -0.25) is 0 Å². The standard InChI is InChI=1S/C13H18N2/c1-5-11-14-12(13(2,3)4)10-8-6-7-9-15(10)11/h6-9H,5H2,1-4H3. The number of aromatic nitrogens is 2. The first-order valence-electron chi connectivity index (χ1n) is 5.50. The van der Waals surface area contributed by atoms with Gasteiger partial charge in [-0.05, 0) is 12.1 Å². The van der Waals surface area contributed by atoms with Gasteiger partial charge < -0.3 is 4.40 Å². The highest BCUT2D eigenvalue weighted by atomic mass is 15.0. The zero-order valence-electron chi connectivity index (χ0n) is 9.91. The minimum absolute atomic E-state index is 0.111. The number of pyridine rings is 1. The summed E-state index contributed by atoms with van der Waals surface area (Å²) in [7, 11) is 0. The van der Waals surface area contributed by atoms with Crippen LogP contribution >= 0.6 is 0 Å². The highest BCUT2D eigenvalue weighted by Gasteiger charge is 2.21. The molecule has 2 nitrogen and oxygen atoms in total. The Labute approximate surface area is 91.0 Å². The van der Waals surface area contributed by atoms with Crippen LogP contribution in [-0.2, 0) is 11.8 Å². The molecular weight excluding hydrogens is 184 g/mol. The van der Waals surface area contributed by atoms with Crippen molar-refractivity contribution < 1.29 is 0 Å². The van der Waals surface area contributed by atoms with Crippen LogP contribution in [0.3, 0.4) is 0 Å². The Bertz CT molecular complexity index is 475. The average Bonchev–Trinajstić information content (AvgIpc) is 2.55. The van der Waals surface area contributed by atoms with E-state index in [1.165, 1.54) is 11.2 Å². The monoisotopic (exact) mass is 202 g/mol. The van der Waals surface area contributed by atoms with Gasteiger partial charge in [0.1, 0.15) is 5.82 Å². The van der Waals surface area contributed by atoms with Gasteiger partial charge in [0, 0.05) is 18.0 Å². The van der Waals surface area contributed by atoms with Crippen LogP contribution in [0.15, 0.2) is 24.4 Å². The van der Waals surface area contributed by atoms with Gasteiger partial charge in [-0.2, -0.15) is 0 Å². The van der Waals surface area contributed by atoms with E-state index in [2.05, 4.69) is 56.5 Å². The molecule has 2 rings (SSSR count). The Morgan fingerprint density at radius 3 is 2.60 bits per heavy atom. The van der Waals surface area contributed by atoms with Gasteiger partial charge in [0.05, 0.1) is 11.2 Å². The van der Waals surface area contributed by atoms with E-state index < -0.39 is 0 Å². The number of rotatable bonds is 1. The lowest BCUT2D eigenvalue weighted by atomic mass is 9.91. The van der Waals surface area contributed by atoms with E-state index in [0.29, 0.717) is 0 Å². The van der Waals surface area contributed by atoms with Crippen molar-refractivity contribution in [3.63, 3.8) is 0 Å². The first-order valence-corrected chi connectivity index (χ1v) is 5.50. The molecule has 80 valence electrons. The fraction of sp³-hybridized carbons (Fsp3) is 0.462. The van der Waals surface area contributed by atoms with Crippen molar-refractivity contribution in [1.82, 2.24) is 9.38 Å². The van der Waals surface area contributed by atoms with E-state index >= 15 is 0 Å². The highest BCUT2D eigenvalue weighted by molar-refractivity contribution is 5.55. The molecule has 0 unspecified atom stereocenters. The molecule has 15 heavy (non-hydrogen) atoms. The van der Waals surface area contributed by atoms with Crippen molar-refractivity contribution in [1.29, 1.82) is 0 Å². The third-order valence-electron chi connectivity index (χ3n) is 2.65. The topological polar surface area (TPSA) is 17.3 Å². The Morgan fingerprint density at radius 2 is 2.00 bits per heavy atom. The van der Waals surface area contributed by atoms with Crippen LogP contribution in [0, 0.1) is 0 Å². The smallest absolute Gasteiger partial charge is 0.113 e. The molecule has 0 amide bonds. The molecule has 0 bridgehead atoms. The minimum Gasteiger partial charge on any atom is -0.303 e. The van der Waals surface area contributed by atoms with Crippen LogP contribution in [0.5, 0.6) is 0 Å². The summed E-state index contributed by atoms with van der Waals surface area (Å²) >= 11 is 0. The zero-order valence-corrected chi connectivity index (χ0v) is 9.91. The van der Waals surface area contributed by atoms with E-state index in [-0.39, 0.29) is 5.41 Å². The Kier molecular flexibility index (Phi) is 2.29. The molecule has 2 heterocycles. The summed E-state index contributed by atoms with van der Waals surface area (Å²) < 4.78 is 2.20. The van der Waals surface area contributed by atoms with Crippen molar-refractivity contribution in [2.24, 2.45) is 0 Å². The number of hydrogen-bond donors (Lipinski definition) is 0. The summed E-state index contributed by atoms with van der Waals surface area (Å²) in [6.45, 7) is 8.78. The van der Waals surface area contributed by atoms with Crippen LogP contribution in [0.25, 0.3) is 5.52 Å². The van der Waals surface area contributed by atoms with Gasteiger partial charge in [-0.15, -0.1) is 0 Å². The molecule has 0 spiro atoms. The largest absolute Gasteiger partial charge is 0.303 e. The molecule has 0 aliphatic heterocycles. The van der Waals surface area contributed by atoms with Crippen molar-refractivity contribution in [3.05, 3.63) is 35.9 Å². The molecular formula is C13H18N2. The Morgan fingerprint density at radius 1 is 1.27 bits per heavy atom. The van der Waals surface area contributed by atoms with Gasteiger partial charge in [-0.25, -0.2) is 4.98 Å². The summed E-state index contributed by atoms with van der Waals surface area (Å²) in [5.74, 6) is 1.15. The normalized spacial score (nSPS) is 12.3. The molecule has 2 heteroatoms. The van der Waals surface area contributed by atoms with Gasteiger partial charge in [-0.1, -0.05) is 33.8 Å². The molecule has 0 aromatic carbocycles. The van der Waals surface area contributed by atoms with Gasteiger partial charge in [0.15, 0.2) is 0 Å². The molecule has 0 aliphatic carbocycles. The second-order valence-electron chi connectivity index (χ2n) is 4.94. The van der Waals surface area contributed by atoms with Crippen LogP contribution in [0.1, 0.15) is 39.2 Å². The third-order valence-corrected chi connectivity index (χ3v) is 2.65. The highest BCUT2D eigenvalue weighted by Crippen LogP contribution is 2.26. The summed E-state index contributed by atoms with van der Waals surface area (Å²) in [6, 6.07) is 6.28.